The molecule has 1 aliphatic heterocycles. The Kier molecular flexibility index (Phi) is 5.09. The predicted molar refractivity (Wildman–Crippen MR) is 91.4 cm³/mol. The summed E-state index contributed by atoms with van der Waals surface area (Å²) in [7, 11) is 0. The van der Waals surface area contributed by atoms with Gasteiger partial charge in [0.25, 0.3) is 5.91 Å². The minimum atomic E-state index is -0.878. The van der Waals surface area contributed by atoms with E-state index >= 15 is 0 Å². The molecule has 1 heterocycles. The summed E-state index contributed by atoms with van der Waals surface area (Å²) in [6.45, 7) is 0.603. The highest BCUT2D eigenvalue weighted by atomic mass is 19.1. The van der Waals surface area contributed by atoms with E-state index < -0.39 is 11.7 Å². The van der Waals surface area contributed by atoms with Crippen LogP contribution in [0.2, 0.25) is 0 Å². The molecule has 0 unspecified atom stereocenters. The number of amides is 2. The third-order valence-electron chi connectivity index (χ3n) is 4.29. The van der Waals surface area contributed by atoms with Crippen LogP contribution in [0.25, 0.3) is 0 Å². The molecule has 3 N–H and O–H groups in total. The molecule has 1 fully saturated rings. The summed E-state index contributed by atoms with van der Waals surface area (Å²) in [5, 5.41) is 2.74. The van der Waals surface area contributed by atoms with Crippen LogP contribution < -0.4 is 11.1 Å². The van der Waals surface area contributed by atoms with Crippen molar-refractivity contribution in [2.45, 2.75) is 18.9 Å². The van der Waals surface area contributed by atoms with E-state index in [9.17, 15) is 14.0 Å². The second kappa shape index (κ2) is 7.44. The normalized spacial score (nSPS) is 20.0. The topological polar surface area (TPSA) is 81.4 Å². The molecular weight excluding hydrogens is 323 g/mol. The van der Waals surface area contributed by atoms with E-state index in [4.69, 9.17) is 10.5 Å². The molecular formula is C19H19FN2O3. The molecule has 2 amide bonds. The first-order valence-electron chi connectivity index (χ1n) is 8.13. The van der Waals surface area contributed by atoms with Gasteiger partial charge in [0.2, 0.25) is 5.91 Å². The van der Waals surface area contributed by atoms with Gasteiger partial charge in [0.1, 0.15) is 5.82 Å². The molecule has 0 spiro atoms. The third kappa shape index (κ3) is 3.85. The second-order valence-corrected chi connectivity index (χ2v) is 6.00. The fourth-order valence-corrected chi connectivity index (χ4v) is 3.05. The van der Waals surface area contributed by atoms with Gasteiger partial charge in [-0.2, -0.15) is 0 Å². The molecule has 25 heavy (non-hydrogen) atoms. The summed E-state index contributed by atoms with van der Waals surface area (Å²) >= 11 is 0. The fourth-order valence-electron chi connectivity index (χ4n) is 3.05. The first-order valence-corrected chi connectivity index (χ1v) is 8.13. The van der Waals surface area contributed by atoms with Crippen LogP contribution in [0.5, 0.6) is 0 Å². The Morgan fingerprint density at radius 2 is 1.92 bits per heavy atom. The van der Waals surface area contributed by atoms with Gasteiger partial charge in [-0.3, -0.25) is 9.59 Å². The Bertz CT molecular complexity index is 779. The summed E-state index contributed by atoms with van der Waals surface area (Å²) in [6.07, 6.45) is 1.15. The first kappa shape index (κ1) is 17.1. The van der Waals surface area contributed by atoms with Gasteiger partial charge < -0.3 is 15.8 Å². The molecule has 130 valence electrons. The first-order chi connectivity index (χ1) is 12.1. The van der Waals surface area contributed by atoms with Gasteiger partial charge in [0.05, 0.1) is 17.6 Å². The number of carbonyl (C=O) groups excluding carboxylic acids is 2. The molecule has 1 aliphatic rings. The molecule has 0 radical (unpaired) electrons. The van der Waals surface area contributed by atoms with Crippen LogP contribution in [0.3, 0.4) is 0 Å². The highest BCUT2D eigenvalue weighted by Gasteiger charge is 2.33. The largest absolute Gasteiger partial charge is 0.373 e. The molecule has 0 saturated carbocycles. The maximum atomic E-state index is 13.6. The maximum Gasteiger partial charge on any atom is 0.251 e. The molecule has 1 saturated heterocycles. The Morgan fingerprint density at radius 1 is 1.16 bits per heavy atom. The number of ether oxygens (including phenoxy) is 1. The van der Waals surface area contributed by atoms with Gasteiger partial charge in [-0.25, -0.2) is 4.39 Å². The molecule has 0 aromatic heterocycles. The van der Waals surface area contributed by atoms with Gasteiger partial charge in [-0.1, -0.05) is 30.3 Å². The minimum absolute atomic E-state index is 0.226. The highest BCUT2D eigenvalue weighted by Crippen LogP contribution is 2.34. The van der Waals surface area contributed by atoms with Crippen LogP contribution in [-0.4, -0.2) is 18.4 Å². The Morgan fingerprint density at radius 3 is 2.64 bits per heavy atom. The number of hydrogen-bond donors (Lipinski definition) is 2. The number of halogens is 1. The van der Waals surface area contributed by atoms with Crippen molar-refractivity contribution in [1.82, 2.24) is 0 Å². The van der Waals surface area contributed by atoms with Crippen LogP contribution in [-0.2, 0) is 9.53 Å². The molecule has 2 atom stereocenters. The fraction of sp³-hybridized carbons (Fsp3) is 0.263. The van der Waals surface area contributed by atoms with Crippen molar-refractivity contribution >= 4 is 17.5 Å². The average Bonchev–Trinajstić information content (AvgIpc) is 2.64. The minimum Gasteiger partial charge on any atom is -0.373 e. The number of hydrogen-bond acceptors (Lipinski definition) is 3. The lowest BCUT2D eigenvalue weighted by Gasteiger charge is -2.31. The van der Waals surface area contributed by atoms with Crippen molar-refractivity contribution in [3.63, 3.8) is 0 Å². The Labute approximate surface area is 145 Å². The van der Waals surface area contributed by atoms with E-state index in [1.165, 1.54) is 12.1 Å². The van der Waals surface area contributed by atoms with Crippen LogP contribution >= 0.6 is 0 Å². The second-order valence-electron chi connectivity index (χ2n) is 6.00. The SMILES string of the molecule is NC(=O)c1cc(NC(=O)[C@@H]2CCCO[C@H]2c2ccccc2)ccc1F. The van der Waals surface area contributed by atoms with Crippen molar-refractivity contribution in [2.75, 3.05) is 11.9 Å². The van der Waals surface area contributed by atoms with Gasteiger partial charge >= 0.3 is 0 Å². The highest BCUT2D eigenvalue weighted by molar-refractivity contribution is 5.97. The van der Waals surface area contributed by atoms with Gasteiger partial charge in [-0.15, -0.1) is 0 Å². The molecule has 0 bridgehead atoms. The van der Waals surface area contributed by atoms with E-state index in [1.54, 1.807) is 0 Å². The Balaban J connectivity index is 1.79. The molecule has 3 rings (SSSR count). The van der Waals surface area contributed by atoms with Gasteiger partial charge in [-0.05, 0) is 36.6 Å². The molecule has 0 aliphatic carbocycles. The summed E-state index contributed by atoms with van der Waals surface area (Å²) < 4.78 is 19.4. The van der Waals surface area contributed by atoms with Crippen molar-refractivity contribution < 1.29 is 18.7 Å². The molecule has 6 heteroatoms. The van der Waals surface area contributed by atoms with Crippen LogP contribution in [0, 0.1) is 11.7 Å². The summed E-state index contributed by atoms with van der Waals surface area (Å²) in [5.41, 5.74) is 6.17. The van der Waals surface area contributed by atoms with Crippen molar-refractivity contribution in [1.29, 1.82) is 0 Å². The van der Waals surface area contributed by atoms with E-state index in [1.807, 2.05) is 30.3 Å². The lowest BCUT2D eigenvalue weighted by molar-refractivity contribution is -0.129. The Hall–Kier alpha value is -2.73. The van der Waals surface area contributed by atoms with Crippen LogP contribution in [0.4, 0.5) is 10.1 Å². The summed E-state index contributed by atoms with van der Waals surface area (Å²) in [6, 6.07) is 13.3. The zero-order chi connectivity index (χ0) is 17.8. The van der Waals surface area contributed by atoms with Gasteiger partial charge in [0, 0.05) is 12.3 Å². The van der Waals surface area contributed by atoms with E-state index in [0.717, 1.165) is 18.1 Å². The number of benzene rings is 2. The number of primary amides is 1. The van der Waals surface area contributed by atoms with Gasteiger partial charge in [0.15, 0.2) is 0 Å². The molecule has 2 aromatic rings. The quantitative estimate of drug-likeness (QED) is 0.896. The standard InChI is InChI=1S/C19H19FN2O3/c20-16-9-8-13(11-15(16)18(21)23)22-19(24)14-7-4-10-25-17(14)12-5-2-1-3-6-12/h1-3,5-6,8-9,11,14,17H,4,7,10H2,(H2,21,23)(H,22,24)/t14-,17+/m1/s1. The van der Waals surface area contributed by atoms with Crippen LogP contribution in [0.15, 0.2) is 48.5 Å². The maximum absolute atomic E-state index is 13.6. The zero-order valence-corrected chi connectivity index (χ0v) is 13.6. The number of nitrogens with two attached hydrogens (primary N) is 1. The molecule has 2 aromatic carbocycles. The lowest BCUT2D eigenvalue weighted by Crippen LogP contribution is -2.33. The number of rotatable bonds is 4. The van der Waals surface area contributed by atoms with E-state index in [-0.39, 0.29) is 23.5 Å². The average molecular weight is 342 g/mol. The van der Waals surface area contributed by atoms with Crippen molar-refractivity contribution in [3.8, 4) is 0 Å². The van der Waals surface area contributed by atoms with Crippen molar-refractivity contribution in [3.05, 3.63) is 65.5 Å². The summed E-state index contributed by atoms with van der Waals surface area (Å²) in [4.78, 5) is 24.0. The third-order valence-corrected chi connectivity index (χ3v) is 4.29. The number of carbonyl (C=O) groups is 2. The number of anilines is 1. The lowest BCUT2D eigenvalue weighted by atomic mass is 9.88. The zero-order valence-electron chi connectivity index (χ0n) is 13.6. The van der Waals surface area contributed by atoms with E-state index in [0.29, 0.717) is 18.7 Å². The predicted octanol–water partition coefficient (Wildman–Crippen LogP) is 3.03. The summed E-state index contributed by atoms with van der Waals surface area (Å²) in [5.74, 6) is -2.18. The monoisotopic (exact) mass is 342 g/mol. The van der Waals surface area contributed by atoms with Crippen molar-refractivity contribution in [2.24, 2.45) is 11.7 Å². The smallest absolute Gasteiger partial charge is 0.251 e. The van der Waals surface area contributed by atoms with E-state index in [2.05, 4.69) is 5.32 Å². The van der Waals surface area contributed by atoms with Crippen LogP contribution in [0.1, 0.15) is 34.9 Å². The number of nitrogens with one attached hydrogen (secondary N) is 1. The molecule has 5 nitrogen and oxygen atoms in total.